The van der Waals surface area contributed by atoms with E-state index in [1.54, 1.807) is 0 Å². The van der Waals surface area contributed by atoms with E-state index in [1.165, 1.54) is 5.56 Å². The third-order valence-corrected chi connectivity index (χ3v) is 6.73. The summed E-state index contributed by atoms with van der Waals surface area (Å²) in [6.45, 7) is 6.46. The van der Waals surface area contributed by atoms with Crippen LogP contribution in [-0.2, 0) is 22.4 Å². The maximum Gasteiger partial charge on any atom is 0.411 e. The lowest BCUT2D eigenvalue weighted by Crippen LogP contribution is -2.39. The van der Waals surface area contributed by atoms with Gasteiger partial charge in [-0.25, -0.2) is 4.79 Å². The van der Waals surface area contributed by atoms with Gasteiger partial charge >= 0.3 is 6.09 Å². The second kappa shape index (κ2) is 11.5. The molecule has 182 valence electrons. The first-order chi connectivity index (χ1) is 16.6. The summed E-state index contributed by atoms with van der Waals surface area (Å²) in [6.07, 6.45) is 7.42. The zero-order valence-corrected chi connectivity index (χ0v) is 20.5. The molecule has 0 unspecified atom stereocenters. The fourth-order valence-electron chi connectivity index (χ4n) is 5.14. The van der Waals surface area contributed by atoms with Crippen LogP contribution in [-0.4, -0.2) is 42.6 Å². The Kier molecular flexibility index (Phi) is 8.22. The Labute approximate surface area is 203 Å². The maximum absolute atomic E-state index is 13.8. The summed E-state index contributed by atoms with van der Waals surface area (Å²) in [5.41, 5.74) is 4.71. The summed E-state index contributed by atoms with van der Waals surface area (Å²) >= 11 is 0. The number of anilines is 3. The van der Waals surface area contributed by atoms with Crippen molar-refractivity contribution in [3.05, 3.63) is 53.6 Å². The third-order valence-electron chi connectivity index (χ3n) is 6.73. The van der Waals surface area contributed by atoms with Crippen LogP contribution in [0.25, 0.3) is 0 Å². The first kappa shape index (κ1) is 24.3. The highest BCUT2D eigenvalue weighted by Crippen LogP contribution is 2.38. The number of aryl methyl sites for hydroxylation is 2. The molecule has 1 aliphatic carbocycles. The molecule has 0 atom stereocenters. The third kappa shape index (κ3) is 5.79. The van der Waals surface area contributed by atoms with E-state index >= 15 is 0 Å². The van der Waals surface area contributed by atoms with Gasteiger partial charge in [-0.3, -0.25) is 19.9 Å². The monoisotopic (exact) mass is 463 g/mol. The van der Waals surface area contributed by atoms with Crippen molar-refractivity contribution in [2.45, 2.75) is 71.3 Å². The van der Waals surface area contributed by atoms with Crippen LogP contribution in [0.5, 0.6) is 0 Å². The Balaban J connectivity index is 1.62. The van der Waals surface area contributed by atoms with Gasteiger partial charge in [0.05, 0.1) is 17.9 Å². The number of rotatable bonds is 8. The number of fused-ring (bicyclic) bond motifs is 2. The fourth-order valence-corrected chi connectivity index (χ4v) is 5.14. The predicted molar refractivity (Wildman–Crippen MR) is 137 cm³/mol. The lowest BCUT2D eigenvalue weighted by molar-refractivity contribution is -0.119. The number of carbonyl (C=O) groups excluding carboxylic acids is 2. The van der Waals surface area contributed by atoms with Crippen molar-refractivity contribution in [3.8, 4) is 0 Å². The van der Waals surface area contributed by atoms with Gasteiger partial charge in [-0.2, -0.15) is 0 Å². The first-order valence-electron chi connectivity index (χ1n) is 12.8. The van der Waals surface area contributed by atoms with E-state index in [-0.39, 0.29) is 12.0 Å². The molecule has 2 aromatic carbocycles. The number of para-hydroxylation sites is 1. The van der Waals surface area contributed by atoms with E-state index in [0.29, 0.717) is 12.2 Å². The second-order valence-corrected chi connectivity index (χ2v) is 9.41. The van der Waals surface area contributed by atoms with Gasteiger partial charge in [0.1, 0.15) is 6.10 Å². The van der Waals surface area contributed by atoms with Crippen molar-refractivity contribution in [2.75, 3.05) is 29.9 Å². The molecule has 0 bridgehead atoms. The van der Waals surface area contributed by atoms with Crippen LogP contribution in [0, 0.1) is 0 Å². The molecule has 34 heavy (non-hydrogen) atoms. The molecule has 2 amide bonds. The Hall–Kier alpha value is -2.86. The highest BCUT2D eigenvalue weighted by Gasteiger charge is 2.27. The summed E-state index contributed by atoms with van der Waals surface area (Å²) in [5, 5.41) is 2.89. The molecular weight excluding hydrogens is 426 g/mol. The van der Waals surface area contributed by atoms with Crippen LogP contribution >= 0.6 is 0 Å². The SMILES string of the molecule is CCCN(CCC)CC(=O)N1c2ccccc2CCc2ccc(NC(=O)OC3CCCC3)cc21. The van der Waals surface area contributed by atoms with Gasteiger partial charge < -0.3 is 4.74 Å². The Bertz CT molecular complexity index is 994. The first-order valence-corrected chi connectivity index (χ1v) is 12.8. The van der Waals surface area contributed by atoms with Crippen LogP contribution in [0.1, 0.15) is 63.5 Å². The van der Waals surface area contributed by atoms with Gasteiger partial charge in [0.15, 0.2) is 0 Å². The molecule has 0 spiro atoms. The lowest BCUT2D eigenvalue weighted by atomic mass is 10.0. The molecule has 6 heteroatoms. The molecule has 1 saturated carbocycles. The van der Waals surface area contributed by atoms with Crippen LogP contribution in [0.15, 0.2) is 42.5 Å². The molecule has 4 rings (SSSR count). The Morgan fingerprint density at radius 2 is 1.65 bits per heavy atom. The maximum atomic E-state index is 13.8. The molecule has 0 saturated heterocycles. The average Bonchev–Trinajstić information content (AvgIpc) is 3.26. The standard InChI is InChI=1S/C28H37N3O3/c1-3-17-30(18-4-2)20-27(32)31-25-12-8-5-9-21(25)13-14-22-15-16-23(19-26(22)31)29-28(33)34-24-10-6-7-11-24/h5,8-9,12,15-16,19,24H,3-4,6-7,10-11,13-14,17-18,20H2,1-2H3,(H,29,33). The van der Waals surface area contributed by atoms with E-state index in [9.17, 15) is 9.59 Å². The number of carbonyl (C=O) groups is 2. The topological polar surface area (TPSA) is 61.9 Å². The molecule has 0 radical (unpaired) electrons. The second-order valence-electron chi connectivity index (χ2n) is 9.41. The minimum Gasteiger partial charge on any atom is -0.446 e. The molecule has 2 aromatic rings. The van der Waals surface area contributed by atoms with Crippen molar-refractivity contribution in [1.29, 1.82) is 0 Å². The highest BCUT2D eigenvalue weighted by molar-refractivity contribution is 6.04. The van der Waals surface area contributed by atoms with Gasteiger partial charge in [-0.15, -0.1) is 0 Å². The minimum absolute atomic E-state index is 0.00824. The van der Waals surface area contributed by atoms with Crippen LogP contribution in [0.4, 0.5) is 21.9 Å². The quantitative estimate of drug-likeness (QED) is 0.517. The van der Waals surface area contributed by atoms with Gasteiger partial charge in [0.25, 0.3) is 0 Å². The molecule has 1 N–H and O–H groups in total. The van der Waals surface area contributed by atoms with E-state index < -0.39 is 6.09 Å². The summed E-state index contributed by atoms with van der Waals surface area (Å²) in [7, 11) is 0. The summed E-state index contributed by atoms with van der Waals surface area (Å²) in [5.74, 6) is 0.0585. The number of ether oxygens (including phenoxy) is 1. The van der Waals surface area contributed by atoms with Crippen LogP contribution in [0.2, 0.25) is 0 Å². The zero-order chi connectivity index (χ0) is 23.9. The number of amides is 2. The van der Waals surface area contributed by atoms with Gasteiger partial charge in [0, 0.05) is 5.69 Å². The molecule has 1 heterocycles. The largest absolute Gasteiger partial charge is 0.446 e. The number of nitrogens with one attached hydrogen (secondary N) is 1. The van der Waals surface area contributed by atoms with Gasteiger partial charge in [-0.1, -0.05) is 38.1 Å². The number of benzene rings is 2. The predicted octanol–water partition coefficient (Wildman–Crippen LogP) is 6.06. The van der Waals surface area contributed by atoms with Crippen molar-refractivity contribution >= 4 is 29.1 Å². The average molecular weight is 464 g/mol. The lowest BCUT2D eigenvalue weighted by Gasteiger charge is -2.29. The smallest absolute Gasteiger partial charge is 0.411 e. The molecule has 6 nitrogen and oxygen atoms in total. The van der Waals surface area contributed by atoms with Crippen LogP contribution in [0.3, 0.4) is 0 Å². The zero-order valence-electron chi connectivity index (χ0n) is 20.5. The van der Waals surface area contributed by atoms with Crippen molar-refractivity contribution in [3.63, 3.8) is 0 Å². The molecule has 2 aliphatic rings. The van der Waals surface area contributed by atoms with Gasteiger partial charge in [0.2, 0.25) is 5.91 Å². The fraction of sp³-hybridized carbons (Fsp3) is 0.500. The number of hydrogen-bond acceptors (Lipinski definition) is 4. The van der Waals surface area contributed by atoms with E-state index in [2.05, 4.69) is 30.1 Å². The molecule has 1 aliphatic heterocycles. The van der Waals surface area contributed by atoms with E-state index in [0.717, 1.165) is 81.4 Å². The van der Waals surface area contributed by atoms with E-state index in [1.807, 2.05) is 41.3 Å². The summed E-state index contributed by atoms with van der Waals surface area (Å²) < 4.78 is 5.58. The normalized spacial score (nSPS) is 15.6. The molecule has 0 aromatic heterocycles. The summed E-state index contributed by atoms with van der Waals surface area (Å²) in [6, 6.07) is 14.0. The van der Waals surface area contributed by atoms with Gasteiger partial charge in [-0.05, 0) is 93.8 Å². The Morgan fingerprint density at radius 1 is 0.971 bits per heavy atom. The Morgan fingerprint density at radius 3 is 2.35 bits per heavy atom. The van der Waals surface area contributed by atoms with Crippen LogP contribution < -0.4 is 10.2 Å². The van der Waals surface area contributed by atoms with E-state index in [4.69, 9.17) is 4.74 Å². The van der Waals surface area contributed by atoms with Crippen molar-refractivity contribution in [1.82, 2.24) is 4.90 Å². The summed E-state index contributed by atoms with van der Waals surface area (Å²) in [4.78, 5) is 30.4. The van der Waals surface area contributed by atoms with Crippen molar-refractivity contribution in [2.24, 2.45) is 0 Å². The number of nitrogens with zero attached hydrogens (tertiary/aromatic N) is 2. The molecule has 1 fully saturated rings. The highest BCUT2D eigenvalue weighted by atomic mass is 16.6. The minimum atomic E-state index is -0.421. The molecular formula is C28H37N3O3. The number of hydrogen-bond donors (Lipinski definition) is 1. The van der Waals surface area contributed by atoms with Crippen molar-refractivity contribution < 1.29 is 14.3 Å².